The van der Waals surface area contributed by atoms with Gasteiger partial charge in [-0.3, -0.25) is 9.47 Å². The molecule has 33 heavy (non-hydrogen) atoms. The van der Waals surface area contributed by atoms with E-state index in [-0.39, 0.29) is 5.54 Å². The summed E-state index contributed by atoms with van der Waals surface area (Å²) in [5.74, 6) is 3.47. The lowest BCUT2D eigenvalue weighted by atomic mass is 9.57. The van der Waals surface area contributed by atoms with Crippen LogP contribution in [-0.2, 0) is 13.1 Å². The number of hydrogen-bond acceptors (Lipinski definition) is 6. The van der Waals surface area contributed by atoms with Crippen LogP contribution in [0.25, 0.3) is 5.69 Å². The number of nitrogens with zero attached hydrogens (tertiary/aromatic N) is 7. The molecular formula is C25H28ClN7. The van der Waals surface area contributed by atoms with Crippen molar-refractivity contribution in [2.24, 2.45) is 5.41 Å². The first-order valence-corrected chi connectivity index (χ1v) is 12.3. The van der Waals surface area contributed by atoms with E-state index in [0.717, 1.165) is 67.2 Å². The van der Waals surface area contributed by atoms with Crippen LogP contribution in [0.3, 0.4) is 0 Å². The molecule has 2 aliphatic heterocycles. The molecule has 7 rings (SSSR count). The predicted octanol–water partition coefficient (Wildman–Crippen LogP) is 4.27. The molecule has 8 heteroatoms. The lowest BCUT2D eigenvalue weighted by Gasteiger charge is -2.58. The van der Waals surface area contributed by atoms with E-state index in [9.17, 15) is 0 Å². The van der Waals surface area contributed by atoms with E-state index in [1.165, 1.54) is 24.1 Å². The van der Waals surface area contributed by atoms with E-state index in [4.69, 9.17) is 21.8 Å². The summed E-state index contributed by atoms with van der Waals surface area (Å²) in [6.45, 7) is 8.20. The largest absolute Gasteiger partial charge is 0.340 e. The van der Waals surface area contributed by atoms with Gasteiger partial charge in [0, 0.05) is 53.9 Å². The van der Waals surface area contributed by atoms with Crippen LogP contribution in [-0.4, -0.2) is 48.3 Å². The van der Waals surface area contributed by atoms with E-state index < -0.39 is 0 Å². The summed E-state index contributed by atoms with van der Waals surface area (Å²) in [5, 5.41) is 10.2. The molecular weight excluding hydrogens is 434 g/mol. The van der Waals surface area contributed by atoms with Gasteiger partial charge in [0.05, 0.1) is 12.2 Å². The molecule has 0 unspecified atom stereocenters. The first kappa shape index (κ1) is 19.9. The second kappa shape index (κ2) is 6.76. The van der Waals surface area contributed by atoms with E-state index >= 15 is 0 Å². The molecule has 0 radical (unpaired) electrons. The first-order chi connectivity index (χ1) is 15.9. The number of anilines is 1. The van der Waals surface area contributed by atoms with Crippen molar-refractivity contribution >= 4 is 17.5 Å². The van der Waals surface area contributed by atoms with Crippen LogP contribution in [0.4, 0.5) is 5.95 Å². The zero-order valence-corrected chi connectivity index (χ0v) is 19.9. The number of aromatic nitrogens is 5. The van der Waals surface area contributed by atoms with Gasteiger partial charge in [-0.1, -0.05) is 11.6 Å². The number of fused-ring (bicyclic) bond motifs is 3. The molecule has 0 N–H and O–H groups in total. The van der Waals surface area contributed by atoms with Gasteiger partial charge in [0.15, 0.2) is 5.82 Å². The van der Waals surface area contributed by atoms with Gasteiger partial charge in [-0.25, -0.2) is 9.97 Å². The van der Waals surface area contributed by atoms with E-state index in [2.05, 4.69) is 43.4 Å². The summed E-state index contributed by atoms with van der Waals surface area (Å²) in [6, 6.07) is 6.28. The Morgan fingerprint density at radius 1 is 1.03 bits per heavy atom. The predicted molar refractivity (Wildman–Crippen MR) is 127 cm³/mol. The molecule has 4 aliphatic rings. The van der Waals surface area contributed by atoms with Gasteiger partial charge in [-0.2, -0.15) is 0 Å². The van der Waals surface area contributed by atoms with Gasteiger partial charge >= 0.3 is 0 Å². The third-order valence-electron chi connectivity index (χ3n) is 8.29. The molecule has 0 atom stereocenters. The second-order valence-electron chi connectivity index (χ2n) is 11.0. The van der Waals surface area contributed by atoms with Crippen LogP contribution in [0, 0.1) is 12.3 Å². The molecule has 2 saturated carbocycles. The van der Waals surface area contributed by atoms with Crippen LogP contribution in [0.15, 0.2) is 30.6 Å². The molecule has 1 saturated heterocycles. The molecule has 3 fully saturated rings. The Kier molecular flexibility index (Phi) is 4.08. The lowest BCUT2D eigenvalue weighted by Crippen LogP contribution is -2.62. The molecule has 0 amide bonds. The molecule has 2 aliphatic carbocycles. The number of hydrogen-bond donors (Lipinski definition) is 0. The van der Waals surface area contributed by atoms with E-state index in [1.807, 2.05) is 25.4 Å². The normalized spacial score (nSPS) is 22.8. The quantitative estimate of drug-likeness (QED) is 0.580. The fraction of sp³-hybridized carbons (Fsp3) is 0.520. The highest BCUT2D eigenvalue weighted by molar-refractivity contribution is 6.30. The third-order valence-corrected chi connectivity index (χ3v) is 8.53. The Labute approximate surface area is 198 Å². The molecule has 2 aromatic heterocycles. The maximum Gasteiger partial charge on any atom is 0.225 e. The zero-order chi connectivity index (χ0) is 22.4. The Morgan fingerprint density at radius 3 is 2.52 bits per heavy atom. The van der Waals surface area contributed by atoms with Crippen molar-refractivity contribution in [1.82, 2.24) is 29.6 Å². The minimum absolute atomic E-state index is 0.273. The molecule has 1 spiro atoms. The summed E-state index contributed by atoms with van der Waals surface area (Å²) >= 11 is 6.41. The zero-order valence-electron chi connectivity index (χ0n) is 19.1. The van der Waals surface area contributed by atoms with Gasteiger partial charge < -0.3 is 4.90 Å². The van der Waals surface area contributed by atoms with Gasteiger partial charge in [-0.05, 0) is 68.9 Å². The number of benzene rings is 1. The fourth-order valence-electron chi connectivity index (χ4n) is 6.05. The van der Waals surface area contributed by atoms with Crippen molar-refractivity contribution < 1.29 is 0 Å². The summed E-state index contributed by atoms with van der Waals surface area (Å²) in [5.41, 5.74) is 4.21. The molecule has 3 aromatic rings. The summed E-state index contributed by atoms with van der Waals surface area (Å²) in [6.07, 6.45) is 8.59. The molecule has 170 valence electrons. The standard InChI is InChI=1S/C25H28ClN7/c1-16-10-27-23(28-11-16)31-14-25(15-31)8-18(9-25)22-30-29-21-13-32(24(2)5-6-24)12-17-7-19(26)3-4-20(17)33(21)22/h3-4,7,10-11,18H,5-6,8-9,12-15H2,1-2H3. The average Bonchev–Trinajstić information content (AvgIpc) is 3.40. The van der Waals surface area contributed by atoms with Crippen LogP contribution in [0.1, 0.15) is 61.3 Å². The van der Waals surface area contributed by atoms with Crippen LogP contribution >= 0.6 is 11.6 Å². The van der Waals surface area contributed by atoms with E-state index in [0.29, 0.717) is 11.3 Å². The maximum absolute atomic E-state index is 6.41. The van der Waals surface area contributed by atoms with Crippen molar-refractivity contribution in [3.05, 3.63) is 58.4 Å². The fourth-order valence-corrected chi connectivity index (χ4v) is 6.24. The minimum atomic E-state index is 0.273. The van der Waals surface area contributed by atoms with E-state index in [1.54, 1.807) is 0 Å². The molecule has 0 bridgehead atoms. The smallest absolute Gasteiger partial charge is 0.225 e. The van der Waals surface area contributed by atoms with Gasteiger partial charge in [0.25, 0.3) is 0 Å². The number of halogens is 1. The highest BCUT2D eigenvalue weighted by Crippen LogP contribution is 2.56. The summed E-state index contributed by atoms with van der Waals surface area (Å²) < 4.78 is 2.34. The highest BCUT2D eigenvalue weighted by atomic mass is 35.5. The molecule has 7 nitrogen and oxygen atoms in total. The SMILES string of the molecule is Cc1cnc(N2CC3(CC(c4nnc5n4-c4ccc(Cl)cc4CN(C4(C)CC4)C5)C3)C2)nc1. The average molecular weight is 462 g/mol. The minimum Gasteiger partial charge on any atom is -0.340 e. The highest BCUT2D eigenvalue weighted by Gasteiger charge is 2.55. The van der Waals surface area contributed by atoms with Crippen molar-refractivity contribution in [3.63, 3.8) is 0 Å². The van der Waals surface area contributed by atoms with Crippen molar-refractivity contribution in [2.75, 3.05) is 18.0 Å². The summed E-state index contributed by atoms with van der Waals surface area (Å²) in [7, 11) is 0. The van der Waals surface area contributed by atoms with Crippen LogP contribution in [0.2, 0.25) is 5.02 Å². The van der Waals surface area contributed by atoms with Gasteiger partial charge in [0.1, 0.15) is 5.82 Å². The molecule has 1 aromatic carbocycles. The Balaban J connectivity index is 1.15. The second-order valence-corrected chi connectivity index (χ2v) is 11.4. The van der Waals surface area contributed by atoms with Crippen molar-refractivity contribution in [3.8, 4) is 5.69 Å². The first-order valence-electron chi connectivity index (χ1n) is 11.9. The Morgan fingerprint density at radius 2 is 1.79 bits per heavy atom. The Bertz CT molecular complexity index is 1230. The van der Waals surface area contributed by atoms with Crippen LogP contribution < -0.4 is 4.90 Å². The van der Waals surface area contributed by atoms with Crippen molar-refractivity contribution in [1.29, 1.82) is 0 Å². The van der Waals surface area contributed by atoms with Gasteiger partial charge in [-0.15, -0.1) is 10.2 Å². The maximum atomic E-state index is 6.41. The van der Waals surface area contributed by atoms with Crippen molar-refractivity contribution in [2.45, 2.75) is 64.1 Å². The number of aryl methyl sites for hydroxylation is 1. The van der Waals surface area contributed by atoms with Crippen LogP contribution in [0.5, 0.6) is 0 Å². The van der Waals surface area contributed by atoms with Gasteiger partial charge in [0.2, 0.25) is 5.95 Å². The lowest BCUT2D eigenvalue weighted by molar-refractivity contribution is 0.0574. The third kappa shape index (κ3) is 3.12. The topological polar surface area (TPSA) is 63.0 Å². The molecule has 4 heterocycles. The number of rotatable bonds is 3. The summed E-state index contributed by atoms with van der Waals surface area (Å²) in [4.78, 5) is 13.9. The monoisotopic (exact) mass is 461 g/mol. The Hall–Kier alpha value is -2.51.